The van der Waals surface area contributed by atoms with E-state index < -0.39 is 0 Å². The Kier molecular flexibility index (Phi) is 4.93. The summed E-state index contributed by atoms with van der Waals surface area (Å²) < 4.78 is 25.3. The quantitative estimate of drug-likeness (QED) is 0.424. The van der Waals surface area contributed by atoms with Crippen molar-refractivity contribution in [2.24, 2.45) is 0 Å². The molecule has 0 saturated heterocycles. The molecule has 0 fully saturated rings. The molecule has 0 atom stereocenters. The molecule has 0 unspecified atom stereocenters. The molecule has 4 heteroatoms. The molecule has 3 aromatic carbocycles. The molecule has 1 aromatic heterocycles. The van der Waals surface area contributed by atoms with Gasteiger partial charge in [0.15, 0.2) is 5.76 Å². The summed E-state index contributed by atoms with van der Waals surface area (Å²) in [5.74, 6) is 0.248. The second kappa shape index (κ2) is 7.55. The molecule has 0 spiro atoms. The molecule has 0 amide bonds. The summed E-state index contributed by atoms with van der Waals surface area (Å²) in [7, 11) is 0. The molecule has 3 nitrogen and oxygen atoms in total. The van der Waals surface area contributed by atoms with Crippen molar-refractivity contribution in [1.29, 1.82) is 0 Å². The van der Waals surface area contributed by atoms with Gasteiger partial charge in [-0.25, -0.2) is 4.39 Å². The highest BCUT2D eigenvalue weighted by Gasteiger charge is 2.19. The van der Waals surface area contributed by atoms with E-state index in [1.54, 1.807) is 12.1 Å². The number of ether oxygens (including phenoxy) is 1. The number of halogens is 1. The van der Waals surface area contributed by atoms with Gasteiger partial charge in [0.05, 0.1) is 5.39 Å². The van der Waals surface area contributed by atoms with Gasteiger partial charge in [-0.1, -0.05) is 48.0 Å². The molecule has 146 valence electrons. The third-order valence-corrected chi connectivity index (χ3v) is 4.91. The van der Waals surface area contributed by atoms with E-state index in [-0.39, 0.29) is 23.6 Å². The molecule has 0 saturated carbocycles. The van der Waals surface area contributed by atoms with Crippen LogP contribution in [0.25, 0.3) is 22.3 Å². The van der Waals surface area contributed by atoms with Crippen molar-refractivity contribution in [2.45, 2.75) is 27.4 Å². The summed E-state index contributed by atoms with van der Waals surface area (Å²) in [6.45, 7) is 6.00. The van der Waals surface area contributed by atoms with Crippen molar-refractivity contribution >= 4 is 11.0 Å². The largest absolute Gasteiger partial charge is 0.481 e. The predicted molar refractivity (Wildman–Crippen MR) is 113 cm³/mol. The Morgan fingerprint density at radius 3 is 2.28 bits per heavy atom. The SMILES string of the molecule is Cc1ccc(-c2oc3cc(C)cc(C)c3c(=O)c2OCc2ccc(F)cc2)cc1. The van der Waals surface area contributed by atoms with Crippen LogP contribution in [0.2, 0.25) is 0 Å². The molecule has 0 bridgehead atoms. The fourth-order valence-electron chi connectivity index (χ4n) is 3.44. The molecular weight excluding hydrogens is 367 g/mol. The first-order valence-electron chi connectivity index (χ1n) is 9.45. The van der Waals surface area contributed by atoms with Crippen molar-refractivity contribution in [2.75, 3.05) is 0 Å². The summed E-state index contributed by atoms with van der Waals surface area (Å²) in [4.78, 5) is 13.4. The van der Waals surface area contributed by atoms with Crippen molar-refractivity contribution < 1.29 is 13.5 Å². The van der Waals surface area contributed by atoms with Crippen LogP contribution in [0, 0.1) is 26.6 Å². The normalized spacial score (nSPS) is 11.0. The van der Waals surface area contributed by atoms with Crippen LogP contribution < -0.4 is 10.2 Å². The van der Waals surface area contributed by atoms with E-state index in [9.17, 15) is 9.18 Å². The Morgan fingerprint density at radius 1 is 0.897 bits per heavy atom. The summed E-state index contributed by atoms with van der Waals surface area (Å²) in [6, 6.07) is 17.6. The Hall–Kier alpha value is -3.40. The summed E-state index contributed by atoms with van der Waals surface area (Å²) >= 11 is 0. The molecule has 0 aliphatic heterocycles. The second-order valence-electron chi connectivity index (χ2n) is 7.33. The third kappa shape index (κ3) is 3.79. The van der Waals surface area contributed by atoms with E-state index in [0.717, 1.165) is 27.8 Å². The van der Waals surface area contributed by atoms with Crippen LogP contribution in [0.1, 0.15) is 22.3 Å². The van der Waals surface area contributed by atoms with Gasteiger partial charge in [-0.15, -0.1) is 0 Å². The maximum absolute atomic E-state index is 13.4. The number of benzene rings is 3. The average molecular weight is 388 g/mol. The fraction of sp³-hybridized carbons (Fsp3) is 0.160. The van der Waals surface area contributed by atoms with Gasteiger partial charge in [0.1, 0.15) is 18.0 Å². The van der Waals surface area contributed by atoms with Crippen LogP contribution in [0.4, 0.5) is 4.39 Å². The number of rotatable bonds is 4. The summed E-state index contributed by atoms with van der Waals surface area (Å²) in [5, 5.41) is 0.514. The van der Waals surface area contributed by atoms with Gasteiger partial charge in [0, 0.05) is 5.56 Å². The molecular formula is C25H21FO3. The standard InChI is InChI=1S/C25H21FO3/c1-15-4-8-19(9-5-15)24-25(28-14-18-6-10-20(26)11-7-18)23(27)22-17(3)12-16(2)13-21(22)29-24/h4-13H,14H2,1-3H3. The molecule has 1 heterocycles. The minimum absolute atomic E-state index is 0.139. The van der Waals surface area contributed by atoms with Gasteiger partial charge < -0.3 is 9.15 Å². The Morgan fingerprint density at radius 2 is 1.59 bits per heavy atom. The summed E-state index contributed by atoms with van der Waals surface area (Å²) in [6.07, 6.45) is 0. The summed E-state index contributed by atoms with van der Waals surface area (Å²) in [5.41, 5.74) is 4.84. The van der Waals surface area contributed by atoms with E-state index in [1.807, 2.05) is 57.2 Å². The Bertz CT molecular complexity index is 1240. The van der Waals surface area contributed by atoms with E-state index in [0.29, 0.717) is 16.7 Å². The minimum Gasteiger partial charge on any atom is -0.481 e. The van der Waals surface area contributed by atoms with Crippen molar-refractivity contribution in [3.63, 3.8) is 0 Å². The lowest BCUT2D eigenvalue weighted by atomic mass is 10.0. The van der Waals surface area contributed by atoms with E-state index in [1.165, 1.54) is 12.1 Å². The zero-order valence-corrected chi connectivity index (χ0v) is 16.6. The van der Waals surface area contributed by atoms with Crippen LogP contribution in [0.3, 0.4) is 0 Å². The first-order chi connectivity index (χ1) is 13.9. The van der Waals surface area contributed by atoms with E-state index in [4.69, 9.17) is 9.15 Å². The van der Waals surface area contributed by atoms with Gasteiger partial charge in [-0.05, 0) is 55.7 Å². The van der Waals surface area contributed by atoms with Crippen LogP contribution in [0.5, 0.6) is 5.75 Å². The molecule has 29 heavy (non-hydrogen) atoms. The molecule has 0 aliphatic carbocycles. The Labute approximate surface area is 168 Å². The van der Waals surface area contributed by atoms with Gasteiger partial charge in [0.25, 0.3) is 0 Å². The molecule has 4 rings (SSSR count). The van der Waals surface area contributed by atoms with Crippen molar-refractivity contribution in [1.82, 2.24) is 0 Å². The van der Waals surface area contributed by atoms with Crippen LogP contribution >= 0.6 is 0 Å². The zero-order chi connectivity index (χ0) is 20.5. The molecule has 4 aromatic rings. The maximum Gasteiger partial charge on any atom is 0.235 e. The van der Waals surface area contributed by atoms with E-state index >= 15 is 0 Å². The highest BCUT2D eigenvalue weighted by molar-refractivity contribution is 5.85. The lowest BCUT2D eigenvalue weighted by Crippen LogP contribution is -2.11. The minimum atomic E-state index is -0.315. The highest BCUT2D eigenvalue weighted by atomic mass is 19.1. The average Bonchev–Trinajstić information content (AvgIpc) is 2.68. The smallest absolute Gasteiger partial charge is 0.235 e. The molecule has 0 aliphatic rings. The second-order valence-corrected chi connectivity index (χ2v) is 7.33. The van der Waals surface area contributed by atoms with Crippen LogP contribution in [0.15, 0.2) is 69.9 Å². The highest BCUT2D eigenvalue weighted by Crippen LogP contribution is 2.33. The maximum atomic E-state index is 13.4. The number of hydrogen-bond donors (Lipinski definition) is 0. The van der Waals surface area contributed by atoms with Gasteiger partial charge in [0.2, 0.25) is 11.2 Å². The van der Waals surface area contributed by atoms with Crippen LogP contribution in [-0.2, 0) is 6.61 Å². The molecule has 0 radical (unpaired) electrons. The Balaban J connectivity index is 1.88. The first-order valence-corrected chi connectivity index (χ1v) is 9.45. The third-order valence-electron chi connectivity index (χ3n) is 4.91. The topological polar surface area (TPSA) is 39.4 Å². The lowest BCUT2D eigenvalue weighted by molar-refractivity contribution is 0.297. The lowest BCUT2D eigenvalue weighted by Gasteiger charge is -2.13. The van der Waals surface area contributed by atoms with E-state index in [2.05, 4.69) is 0 Å². The number of aryl methyl sites for hydroxylation is 3. The molecule has 0 N–H and O–H groups in total. The number of hydrogen-bond acceptors (Lipinski definition) is 3. The van der Waals surface area contributed by atoms with Crippen molar-refractivity contribution in [3.05, 3.63) is 99.0 Å². The fourth-order valence-corrected chi connectivity index (χ4v) is 3.44. The van der Waals surface area contributed by atoms with Crippen molar-refractivity contribution in [3.8, 4) is 17.1 Å². The number of fused-ring (bicyclic) bond motifs is 1. The van der Waals surface area contributed by atoms with Gasteiger partial charge in [-0.2, -0.15) is 0 Å². The van der Waals surface area contributed by atoms with Crippen LogP contribution in [-0.4, -0.2) is 0 Å². The predicted octanol–water partition coefficient (Wildman–Crippen LogP) is 6.10. The zero-order valence-electron chi connectivity index (χ0n) is 16.6. The van der Waals surface area contributed by atoms with Gasteiger partial charge >= 0.3 is 0 Å². The monoisotopic (exact) mass is 388 g/mol. The van der Waals surface area contributed by atoms with Gasteiger partial charge in [-0.3, -0.25) is 4.79 Å². The first kappa shape index (κ1) is 18.9.